The normalized spacial score (nSPS) is 24.0. The molecule has 3 heterocycles. The summed E-state index contributed by atoms with van der Waals surface area (Å²) in [6, 6.07) is 2.09. The third kappa shape index (κ3) is 7.00. The Kier molecular flexibility index (Phi) is 10.2. The van der Waals surface area contributed by atoms with Crippen molar-refractivity contribution in [1.82, 2.24) is 4.90 Å². The number of amides is 1. The van der Waals surface area contributed by atoms with E-state index in [1.54, 1.807) is 16.2 Å². The molecule has 0 aliphatic carbocycles. The molecule has 1 fully saturated rings. The SMILES string of the molecule is CCO[C@@H]1OC(C(=O)N2CCOCC2)=C[C@H](c2ccsc2)[C@@H]1CCOCCOCCO. The first-order valence-electron chi connectivity index (χ1n) is 10.9. The van der Waals surface area contributed by atoms with Crippen molar-refractivity contribution in [2.45, 2.75) is 25.6 Å². The zero-order valence-corrected chi connectivity index (χ0v) is 18.9. The summed E-state index contributed by atoms with van der Waals surface area (Å²) < 4.78 is 28.3. The van der Waals surface area contributed by atoms with E-state index in [0.29, 0.717) is 65.1 Å². The molecule has 0 spiro atoms. The highest BCUT2D eigenvalue weighted by Gasteiger charge is 2.39. The zero-order chi connectivity index (χ0) is 21.9. The van der Waals surface area contributed by atoms with Gasteiger partial charge >= 0.3 is 0 Å². The molecule has 0 saturated carbocycles. The predicted octanol–water partition coefficient (Wildman–Crippen LogP) is 2.00. The Bertz CT molecular complexity index is 675. The van der Waals surface area contributed by atoms with E-state index in [0.717, 1.165) is 12.0 Å². The van der Waals surface area contributed by atoms with Crippen molar-refractivity contribution < 1.29 is 33.6 Å². The maximum absolute atomic E-state index is 13.1. The molecule has 1 N–H and O–H groups in total. The molecule has 0 radical (unpaired) electrons. The van der Waals surface area contributed by atoms with Crippen LogP contribution in [0.25, 0.3) is 0 Å². The molecule has 2 aliphatic rings. The first kappa shape index (κ1) is 24.2. The van der Waals surface area contributed by atoms with Gasteiger partial charge in [0.05, 0.1) is 39.6 Å². The van der Waals surface area contributed by atoms with Crippen LogP contribution in [0.4, 0.5) is 0 Å². The Labute approximate surface area is 187 Å². The lowest BCUT2D eigenvalue weighted by molar-refractivity contribution is -0.173. The summed E-state index contributed by atoms with van der Waals surface area (Å²) in [6.45, 7) is 6.41. The zero-order valence-electron chi connectivity index (χ0n) is 18.1. The number of morpholine rings is 1. The van der Waals surface area contributed by atoms with Crippen LogP contribution in [0.5, 0.6) is 0 Å². The Morgan fingerprint density at radius 1 is 1.23 bits per heavy atom. The molecule has 8 nitrogen and oxygen atoms in total. The average Bonchev–Trinajstić information content (AvgIpc) is 3.34. The van der Waals surface area contributed by atoms with Gasteiger partial charge in [0.15, 0.2) is 5.76 Å². The van der Waals surface area contributed by atoms with Gasteiger partial charge in [-0.25, -0.2) is 0 Å². The van der Waals surface area contributed by atoms with Gasteiger partial charge in [0, 0.05) is 38.1 Å². The smallest absolute Gasteiger partial charge is 0.288 e. The Hall–Kier alpha value is -1.49. The molecule has 1 saturated heterocycles. The minimum Gasteiger partial charge on any atom is -0.459 e. The second kappa shape index (κ2) is 13.1. The van der Waals surface area contributed by atoms with Crippen molar-refractivity contribution in [3.63, 3.8) is 0 Å². The standard InChI is InChI=1S/C22H33NO7S/c1-2-29-22-18(3-8-26-12-13-28-11-7-24)19(17-4-14-31-16-17)15-20(30-22)21(25)23-5-9-27-10-6-23/h4,14-16,18-19,22,24H,2-3,5-13H2,1H3/t18-,19+,22+/m0/s1. The van der Waals surface area contributed by atoms with E-state index < -0.39 is 6.29 Å². The van der Waals surface area contributed by atoms with Gasteiger partial charge in [0.25, 0.3) is 5.91 Å². The molecule has 9 heteroatoms. The molecule has 0 unspecified atom stereocenters. The van der Waals surface area contributed by atoms with Gasteiger partial charge in [-0.2, -0.15) is 11.3 Å². The summed E-state index contributed by atoms with van der Waals surface area (Å²) in [5, 5.41) is 12.9. The van der Waals surface area contributed by atoms with Gasteiger partial charge < -0.3 is 33.7 Å². The van der Waals surface area contributed by atoms with Gasteiger partial charge in [-0.15, -0.1) is 0 Å². The van der Waals surface area contributed by atoms with E-state index in [2.05, 4.69) is 11.4 Å². The number of carbonyl (C=O) groups excluding carboxylic acids is 1. The second-order valence-corrected chi connectivity index (χ2v) is 8.14. The van der Waals surface area contributed by atoms with Crippen LogP contribution < -0.4 is 0 Å². The highest BCUT2D eigenvalue weighted by atomic mass is 32.1. The fourth-order valence-electron chi connectivity index (χ4n) is 3.80. The maximum Gasteiger partial charge on any atom is 0.288 e. The number of ether oxygens (including phenoxy) is 5. The summed E-state index contributed by atoms with van der Waals surface area (Å²) in [5.41, 5.74) is 1.15. The van der Waals surface area contributed by atoms with Crippen molar-refractivity contribution in [3.8, 4) is 0 Å². The molecular formula is C22H33NO7S. The third-order valence-corrected chi connectivity index (χ3v) is 6.06. The van der Waals surface area contributed by atoms with Crippen molar-refractivity contribution in [2.24, 2.45) is 5.92 Å². The number of carbonyl (C=O) groups is 1. The summed E-state index contributed by atoms with van der Waals surface area (Å²) in [6.07, 6.45) is 2.15. The quantitative estimate of drug-likeness (QED) is 0.483. The van der Waals surface area contributed by atoms with Crippen LogP contribution in [0.15, 0.2) is 28.7 Å². The average molecular weight is 456 g/mol. The van der Waals surface area contributed by atoms with Crippen LogP contribution >= 0.6 is 11.3 Å². The number of allylic oxidation sites excluding steroid dienone is 1. The van der Waals surface area contributed by atoms with Crippen LogP contribution in [0.2, 0.25) is 0 Å². The number of aliphatic hydroxyl groups is 1. The van der Waals surface area contributed by atoms with Gasteiger partial charge in [-0.1, -0.05) is 0 Å². The lowest BCUT2D eigenvalue weighted by Crippen LogP contribution is -2.44. The minimum atomic E-state index is -0.519. The number of thiophene rings is 1. The summed E-state index contributed by atoms with van der Waals surface area (Å²) in [7, 11) is 0. The topological polar surface area (TPSA) is 86.7 Å². The molecule has 174 valence electrons. The number of aliphatic hydroxyl groups excluding tert-OH is 1. The van der Waals surface area contributed by atoms with Crippen LogP contribution in [-0.2, 0) is 28.5 Å². The molecule has 1 amide bonds. The number of nitrogens with zero attached hydrogens (tertiary/aromatic N) is 1. The molecule has 31 heavy (non-hydrogen) atoms. The van der Waals surface area contributed by atoms with E-state index in [1.165, 1.54) is 0 Å². The molecule has 1 aromatic rings. The number of rotatable bonds is 12. The van der Waals surface area contributed by atoms with Gasteiger partial charge in [-0.3, -0.25) is 4.79 Å². The van der Waals surface area contributed by atoms with Crippen LogP contribution in [0.3, 0.4) is 0 Å². The van der Waals surface area contributed by atoms with Crippen LogP contribution in [0, 0.1) is 5.92 Å². The van der Waals surface area contributed by atoms with Crippen molar-refractivity contribution in [3.05, 3.63) is 34.2 Å². The summed E-state index contributed by atoms with van der Waals surface area (Å²) >= 11 is 1.64. The lowest BCUT2D eigenvalue weighted by atomic mass is 9.82. The van der Waals surface area contributed by atoms with Gasteiger partial charge in [0.1, 0.15) is 0 Å². The maximum atomic E-state index is 13.1. The van der Waals surface area contributed by atoms with E-state index in [1.807, 2.05) is 18.4 Å². The molecule has 0 bridgehead atoms. The van der Waals surface area contributed by atoms with E-state index in [4.69, 9.17) is 28.8 Å². The fraction of sp³-hybridized carbons (Fsp3) is 0.682. The molecule has 3 rings (SSSR count). The number of hydrogen-bond acceptors (Lipinski definition) is 8. The molecule has 3 atom stereocenters. The monoisotopic (exact) mass is 455 g/mol. The van der Waals surface area contributed by atoms with Crippen molar-refractivity contribution in [1.29, 1.82) is 0 Å². The largest absolute Gasteiger partial charge is 0.459 e. The first-order valence-corrected chi connectivity index (χ1v) is 11.8. The highest BCUT2D eigenvalue weighted by molar-refractivity contribution is 7.08. The first-order chi connectivity index (χ1) is 15.2. The molecule has 1 aromatic heterocycles. The summed E-state index contributed by atoms with van der Waals surface area (Å²) in [5.74, 6) is 0.273. The van der Waals surface area contributed by atoms with E-state index >= 15 is 0 Å². The number of hydrogen-bond donors (Lipinski definition) is 1. The lowest BCUT2D eigenvalue weighted by Gasteiger charge is -2.38. The predicted molar refractivity (Wildman–Crippen MR) is 116 cm³/mol. The Balaban J connectivity index is 1.69. The molecular weight excluding hydrogens is 422 g/mol. The van der Waals surface area contributed by atoms with E-state index in [9.17, 15) is 4.79 Å². The fourth-order valence-corrected chi connectivity index (χ4v) is 4.51. The Morgan fingerprint density at radius 2 is 2.00 bits per heavy atom. The van der Waals surface area contributed by atoms with Crippen LogP contribution in [0.1, 0.15) is 24.8 Å². The van der Waals surface area contributed by atoms with Crippen molar-refractivity contribution >= 4 is 17.2 Å². The van der Waals surface area contributed by atoms with Gasteiger partial charge in [-0.05, 0) is 41.8 Å². The third-order valence-electron chi connectivity index (χ3n) is 5.36. The van der Waals surface area contributed by atoms with E-state index in [-0.39, 0.29) is 24.3 Å². The minimum absolute atomic E-state index is 0.00535. The second-order valence-electron chi connectivity index (χ2n) is 7.36. The van der Waals surface area contributed by atoms with Gasteiger partial charge in [0.2, 0.25) is 6.29 Å². The molecule has 2 aliphatic heterocycles. The van der Waals surface area contributed by atoms with Crippen molar-refractivity contribution in [2.75, 3.05) is 65.9 Å². The Morgan fingerprint density at radius 3 is 2.68 bits per heavy atom. The summed E-state index contributed by atoms with van der Waals surface area (Å²) in [4.78, 5) is 14.9. The highest BCUT2D eigenvalue weighted by Crippen LogP contribution is 2.39. The van der Waals surface area contributed by atoms with Crippen LogP contribution in [-0.4, -0.2) is 88.1 Å². The molecule has 0 aromatic carbocycles.